The van der Waals surface area contributed by atoms with Gasteiger partial charge in [-0.15, -0.1) is 24.0 Å². The summed E-state index contributed by atoms with van der Waals surface area (Å²) in [7, 11) is 1.66. The van der Waals surface area contributed by atoms with Gasteiger partial charge in [-0.05, 0) is 57.1 Å². The van der Waals surface area contributed by atoms with Crippen LogP contribution >= 0.6 is 24.0 Å². The van der Waals surface area contributed by atoms with Gasteiger partial charge in [-0.2, -0.15) is 0 Å². The molecule has 1 saturated heterocycles. The molecule has 1 unspecified atom stereocenters. The third-order valence-electron chi connectivity index (χ3n) is 4.43. The zero-order chi connectivity index (χ0) is 17.9. The Hall–Kier alpha value is -1.22. The molecule has 1 aromatic rings. The van der Waals surface area contributed by atoms with E-state index in [9.17, 15) is 0 Å². The van der Waals surface area contributed by atoms with Crippen LogP contribution in [0.4, 0.5) is 0 Å². The van der Waals surface area contributed by atoms with E-state index in [0.29, 0.717) is 19.2 Å². The Labute approximate surface area is 174 Å². The molecule has 2 N–H and O–H groups in total. The predicted octanol–water partition coefficient (Wildman–Crippen LogP) is 2.73. The third kappa shape index (κ3) is 7.57. The van der Waals surface area contributed by atoms with Gasteiger partial charge in [0.1, 0.15) is 18.1 Å². The number of rotatable bonds is 9. The van der Waals surface area contributed by atoms with Crippen LogP contribution in [0.2, 0.25) is 0 Å². The van der Waals surface area contributed by atoms with Crippen LogP contribution in [0.3, 0.4) is 0 Å². The molecule has 0 aliphatic carbocycles. The molecular formula is C19H33IN4O2. The first-order valence-electron chi connectivity index (χ1n) is 9.29. The van der Waals surface area contributed by atoms with Gasteiger partial charge in [-0.1, -0.05) is 6.92 Å². The highest BCUT2D eigenvalue weighted by atomic mass is 127. The molecule has 0 bridgehead atoms. The summed E-state index contributed by atoms with van der Waals surface area (Å²) < 4.78 is 10.9. The highest BCUT2D eigenvalue weighted by Crippen LogP contribution is 2.17. The van der Waals surface area contributed by atoms with E-state index in [1.54, 1.807) is 7.11 Å². The number of likely N-dealkylation sites (N-methyl/N-ethyl adjacent to an activating group) is 1. The Bertz CT molecular complexity index is 525. The summed E-state index contributed by atoms with van der Waals surface area (Å²) in [6.45, 7) is 9.62. The number of nitrogens with one attached hydrogen (secondary N) is 2. The summed E-state index contributed by atoms with van der Waals surface area (Å²) >= 11 is 0. The van der Waals surface area contributed by atoms with Crippen LogP contribution in [0.1, 0.15) is 26.7 Å². The number of benzene rings is 1. The van der Waals surface area contributed by atoms with Crippen molar-refractivity contribution in [3.63, 3.8) is 0 Å². The minimum atomic E-state index is 0. The Morgan fingerprint density at radius 3 is 2.58 bits per heavy atom. The van der Waals surface area contributed by atoms with Crippen molar-refractivity contribution >= 4 is 29.9 Å². The van der Waals surface area contributed by atoms with Gasteiger partial charge in [0.05, 0.1) is 20.2 Å². The van der Waals surface area contributed by atoms with Crippen molar-refractivity contribution in [2.75, 3.05) is 46.4 Å². The molecule has 1 aliphatic rings. The van der Waals surface area contributed by atoms with Crippen LogP contribution in [0.25, 0.3) is 0 Å². The lowest BCUT2D eigenvalue weighted by Gasteiger charge is -2.21. The van der Waals surface area contributed by atoms with Crippen molar-refractivity contribution in [3.8, 4) is 11.5 Å². The van der Waals surface area contributed by atoms with Crippen molar-refractivity contribution in [2.45, 2.75) is 32.7 Å². The molecule has 1 aliphatic heterocycles. The van der Waals surface area contributed by atoms with E-state index in [4.69, 9.17) is 14.5 Å². The van der Waals surface area contributed by atoms with E-state index < -0.39 is 0 Å². The number of likely N-dealkylation sites (tertiary alicyclic amines) is 1. The number of aliphatic imine (C=N–C) groups is 1. The summed E-state index contributed by atoms with van der Waals surface area (Å²) in [5, 5.41) is 6.64. The smallest absolute Gasteiger partial charge is 0.191 e. The molecule has 0 amide bonds. The van der Waals surface area contributed by atoms with Crippen molar-refractivity contribution in [3.05, 3.63) is 24.3 Å². The molecule has 1 fully saturated rings. The number of halogens is 1. The quantitative estimate of drug-likeness (QED) is 0.249. The average Bonchev–Trinajstić information content (AvgIpc) is 3.11. The maximum atomic E-state index is 5.74. The Balaban J connectivity index is 0.00000338. The van der Waals surface area contributed by atoms with Crippen molar-refractivity contribution in [1.82, 2.24) is 15.5 Å². The molecule has 0 saturated carbocycles. The monoisotopic (exact) mass is 476 g/mol. The van der Waals surface area contributed by atoms with Crippen LogP contribution in [-0.4, -0.2) is 63.3 Å². The molecule has 2 rings (SSSR count). The zero-order valence-electron chi connectivity index (χ0n) is 16.2. The standard InChI is InChI=1S/C19H32N4O2.HI/c1-4-20-19(22-15-16-7-6-13-23(16)5-2)21-12-14-25-18-10-8-17(24-3)9-11-18;/h8-11,16H,4-7,12-15H2,1-3H3,(H2,20,21,22);1H. The Morgan fingerprint density at radius 1 is 1.19 bits per heavy atom. The van der Waals surface area contributed by atoms with Gasteiger partial charge in [0.2, 0.25) is 0 Å². The average molecular weight is 476 g/mol. The van der Waals surface area contributed by atoms with Crippen LogP contribution in [0.5, 0.6) is 11.5 Å². The first-order chi connectivity index (χ1) is 12.3. The molecule has 6 nitrogen and oxygen atoms in total. The van der Waals surface area contributed by atoms with Gasteiger partial charge in [0.15, 0.2) is 5.96 Å². The molecule has 148 valence electrons. The first kappa shape index (κ1) is 22.8. The van der Waals surface area contributed by atoms with Crippen LogP contribution < -0.4 is 20.1 Å². The van der Waals surface area contributed by atoms with Gasteiger partial charge >= 0.3 is 0 Å². The van der Waals surface area contributed by atoms with E-state index >= 15 is 0 Å². The van der Waals surface area contributed by atoms with Gasteiger partial charge in [-0.25, -0.2) is 0 Å². The maximum absolute atomic E-state index is 5.74. The highest BCUT2D eigenvalue weighted by Gasteiger charge is 2.22. The first-order valence-corrected chi connectivity index (χ1v) is 9.29. The fraction of sp³-hybridized carbons (Fsp3) is 0.632. The molecule has 1 atom stereocenters. The van der Waals surface area contributed by atoms with E-state index in [1.165, 1.54) is 19.4 Å². The molecule has 26 heavy (non-hydrogen) atoms. The molecule has 0 spiro atoms. The molecule has 1 heterocycles. The lowest BCUT2D eigenvalue weighted by atomic mass is 10.2. The van der Waals surface area contributed by atoms with Crippen LogP contribution in [0.15, 0.2) is 29.3 Å². The summed E-state index contributed by atoms with van der Waals surface area (Å²) in [5.41, 5.74) is 0. The minimum Gasteiger partial charge on any atom is -0.497 e. The van der Waals surface area contributed by atoms with Gasteiger partial charge in [0.25, 0.3) is 0 Å². The number of ether oxygens (including phenoxy) is 2. The molecular weight excluding hydrogens is 443 g/mol. The van der Waals surface area contributed by atoms with Crippen molar-refractivity contribution in [1.29, 1.82) is 0 Å². The predicted molar refractivity (Wildman–Crippen MR) is 118 cm³/mol. The van der Waals surface area contributed by atoms with E-state index in [0.717, 1.165) is 37.1 Å². The van der Waals surface area contributed by atoms with Crippen molar-refractivity contribution in [2.24, 2.45) is 4.99 Å². The maximum Gasteiger partial charge on any atom is 0.191 e. The van der Waals surface area contributed by atoms with Crippen molar-refractivity contribution < 1.29 is 9.47 Å². The van der Waals surface area contributed by atoms with E-state index in [2.05, 4.69) is 29.4 Å². The largest absolute Gasteiger partial charge is 0.497 e. The Kier molecular flexibility index (Phi) is 11.4. The van der Waals surface area contributed by atoms with E-state index in [-0.39, 0.29) is 24.0 Å². The fourth-order valence-electron chi connectivity index (χ4n) is 3.07. The topological polar surface area (TPSA) is 58.1 Å². The third-order valence-corrected chi connectivity index (χ3v) is 4.43. The van der Waals surface area contributed by atoms with E-state index in [1.807, 2.05) is 24.3 Å². The lowest BCUT2D eigenvalue weighted by Crippen LogP contribution is -2.40. The SMILES string of the molecule is CCNC(=NCC1CCCN1CC)NCCOc1ccc(OC)cc1.I. The van der Waals surface area contributed by atoms with Gasteiger partial charge in [0, 0.05) is 12.6 Å². The van der Waals surface area contributed by atoms with Crippen LogP contribution in [0, 0.1) is 0 Å². The molecule has 1 aromatic carbocycles. The number of nitrogens with zero attached hydrogens (tertiary/aromatic N) is 2. The minimum absolute atomic E-state index is 0. The molecule has 7 heteroatoms. The van der Waals surface area contributed by atoms with Crippen LogP contribution in [-0.2, 0) is 0 Å². The zero-order valence-corrected chi connectivity index (χ0v) is 18.5. The van der Waals surface area contributed by atoms with Gasteiger partial charge < -0.3 is 20.1 Å². The second kappa shape index (κ2) is 13.0. The Morgan fingerprint density at radius 2 is 1.92 bits per heavy atom. The summed E-state index contributed by atoms with van der Waals surface area (Å²) in [6, 6.07) is 8.20. The number of methoxy groups -OCH3 is 1. The second-order valence-corrected chi connectivity index (χ2v) is 6.10. The molecule has 0 radical (unpaired) electrons. The highest BCUT2D eigenvalue weighted by molar-refractivity contribution is 14.0. The fourth-order valence-corrected chi connectivity index (χ4v) is 3.07. The number of hydrogen-bond donors (Lipinski definition) is 2. The summed E-state index contributed by atoms with van der Waals surface area (Å²) in [6.07, 6.45) is 2.53. The molecule has 0 aromatic heterocycles. The number of guanidine groups is 1. The normalized spacial score (nSPS) is 17.5. The summed E-state index contributed by atoms with van der Waals surface area (Å²) in [4.78, 5) is 7.26. The second-order valence-electron chi connectivity index (χ2n) is 6.10. The number of hydrogen-bond acceptors (Lipinski definition) is 4. The van der Waals surface area contributed by atoms with Gasteiger partial charge in [-0.3, -0.25) is 9.89 Å². The lowest BCUT2D eigenvalue weighted by molar-refractivity contribution is 0.273. The summed E-state index contributed by atoms with van der Waals surface area (Å²) in [5.74, 6) is 2.54.